The molecule has 0 bridgehead atoms. The van der Waals surface area contributed by atoms with E-state index in [0.29, 0.717) is 28.2 Å². The van der Waals surface area contributed by atoms with Crippen LogP contribution in [-0.2, 0) is 22.6 Å². The summed E-state index contributed by atoms with van der Waals surface area (Å²) in [5, 5.41) is 14.4. The number of nitrogens with one attached hydrogen (secondary N) is 2. The van der Waals surface area contributed by atoms with E-state index >= 15 is 0 Å². The molecule has 156 valence electrons. The molecular weight excluding hydrogens is 429 g/mol. The summed E-state index contributed by atoms with van der Waals surface area (Å²) in [4.78, 5) is 24.5. The fourth-order valence-electron chi connectivity index (χ4n) is 2.65. The molecule has 0 saturated carbocycles. The van der Waals surface area contributed by atoms with Gasteiger partial charge in [-0.25, -0.2) is 4.39 Å². The minimum absolute atomic E-state index is 0.0679. The number of nitrogens with zero attached hydrogens (tertiary/aromatic N) is 3. The fourth-order valence-corrected chi connectivity index (χ4v) is 3.66. The van der Waals surface area contributed by atoms with E-state index < -0.39 is 11.7 Å². The van der Waals surface area contributed by atoms with Crippen LogP contribution in [0.3, 0.4) is 0 Å². The maximum Gasteiger partial charge on any atom is 0.234 e. The average molecular weight is 448 g/mol. The van der Waals surface area contributed by atoms with E-state index in [-0.39, 0.29) is 23.8 Å². The second-order valence-electron chi connectivity index (χ2n) is 6.16. The Morgan fingerprint density at radius 1 is 1.03 bits per heavy atom. The number of amides is 2. The first-order valence-corrected chi connectivity index (χ1v) is 10.5. The van der Waals surface area contributed by atoms with E-state index in [9.17, 15) is 14.0 Å². The highest BCUT2D eigenvalue weighted by Crippen LogP contribution is 2.22. The van der Waals surface area contributed by atoms with Crippen molar-refractivity contribution in [3.63, 3.8) is 0 Å². The highest BCUT2D eigenvalue weighted by atomic mass is 35.5. The fraction of sp³-hybridized carbons (Fsp3) is 0.200. The van der Waals surface area contributed by atoms with E-state index in [2.05, 4.69) is 20.8 Å². The highest BCUT2D eigenvalue weighted by Gasteiger charge is 2.17. The molecule has 0 aliphatic heterocycles. The number of anilines is 2. The van der Waals surface area contributed by atoms with Gasteiger partial charge < -0.3 is 15.2 Å². The van der Waals surface area contributed by atoms with Crippen molar-refractivity contribution in [1.29, 1.82) is 0 Å². The maximum atomic E-state index is 13.7. The minimum atomic E-state index is -0.511. The third-order valence-corrected chi connectivity index (χ3v) is 5.35. The van der Waals surface area contributed by atoms with Crippen LogP contribution in [0.2, 0.25) is 5.02 Å². The summed E-state index contributed by atoms with van der Waals surface area (Å²) < 4.78 is 15.4. The second-order valence-corrected chi connectivity index (χ2v) is 7.51. The molecule has 2 aromatic carbocycles. The monoisotopic (exact) mass is 447 g/mol. The van der Waals surface area contributed by atoms with Crippen LogP contribution in [0, 0.1) is 5.82 Å². The number of hydrogen-bond acceptors (Lipinski definition) is 5. The SMILES string of the molecule is CCn1c(CC(=O)Nc2ccccc2F)nnc1SCC(=O)Nc1ccccc1Cl. The Morgan fingerprint density at radius 2 is 1.70 bits per heavy atom. The maximum absolute atomic E-state index is 13.7. The smallest absolute Gasteiger partial charge is 0.234 e. The zero-order chi connectivity index (χ0) is 21.5. The summed E-state index contributed by atoms with van der Waals surface area (Å²) in [5.74, 6) is -0.623. The molecule has 0 unspecified atom stereocenters. The van der Waals surface area contributed by atoms with Crippen LogP contribution in [0.15, 0.2) is 53.7 Å². The van der Waals surface area contributed by atoms with Gasteiger partial charge >= 0.3 is 0 Å². The third-order valence-electron chi connectivity index (χ3n) is 4.06. The van der Waals surface area contributed by atoms with Gasteiger partial charge in [-0.3, -0.25) is 9.59 Å². The minimum Gasteiger partial charge on any atom is -0.324 e. The van der Waals surface area contributed by atoms with Crippen molar-refractivity contribution < 1.29 is 14.0 Å². The highest BCUT2D eigenvalue weighted by molar-refractivity contribution is 7.99. The van der Waals surface area contributed by atoms with Gasteiger partial charge in [-0.2, -0.15) is 0 Å². The van der Waals surface area contributed by atoms with Gasteiger partial charge in [0.25, 0.3) is 0 Å². The van der Waals surface area contributed by atoms with E-state index in [1.165, 1.54) is 23.9 Å². The molecule has 7 nitrogen and oxygen atoms in total. The van der Waals surface area contributed by atoms with E-state index in [4.69, 9.17) is 11.6 Å². The molecule has 0 fully saturated rings. The molecule has 0 radical (unpaired) electrons. The lowest BCUT2D eigenvalue weighted by molar-refractivity contribution is -0.116. The Morgan fingerprint density at radius 3 is 2.40 bits per heavy atom. The zero-order valence-corrected chi connectivity index (χ0v) is 17.6. The zero-order valence-electron chi connectivity index (χ0n) is 16.1. The lowest BCUT2D eigenvalue weighted by Gasteiger charge is -2.09. The van der Waals surface area contributed by atoms with Crippen molar-refractivity contribution in [2.24, 2.45) is 0 Å². The van der Waals surface area contributed by atoms with Gasteiger partial charge in [0.1, 0.15) is 11.6 Å². The predicted molar refractivity (Wildman–Crippen MR) is 115 cm³/mol. The molecule has 0 aliphatic rings. The van der Waals surface area contributed by atoms with Crippen molar-refractivity contribution >= 4 is 46.6 Å². The summed E-state index contributed by atoms with van der Waals surface area (Å²) in [5.41, 5.74) is 0.642. The first kappa shape index (κ1) is 21.8. The number of hydrogen-bond donors (Lipinski definition) is 2. The molecule has 1 aromatic heterocycles. The van der Waals surface area contributed by atoms with Gasteiger partial charge in [0, 0.05) is 6.54 Å². The van der Waals surface area contributed by atoms with Crippen molar-refractivity contribution in [1.82, 2.24) is 14.8 Å². The molecule has 30 heavy (non-hydrogen) atoms. The number of para-hydroxylation sites is 2. The molecule has 0 saturated heterocycles. The predicted octanol–water partition coefficient (Wildman–Crippen LogP) is 4.00. The first-order valence-electron chi connectivity index (χ1n) is 9.11. The normalized spacial score (nSPS) is 10.6. The molecule has 0 spiro atoms. The molecule has 0 atom stereocenters. The van der Waals surface area contributed by atoms with Crippen molar-refractivity contribution in [2.45, 2.75) is 25.0 Å². The summed E-state index contributed by atoms with van der Waals surface area (Å²) in [6.45, 7) is 2.40. The number of carbonyl (C=O) groups is 2. The standard InChI is InChI=1S/C20H19ClFN5O2S/c1-2-27-17(11-18(28)24-16-10-6-4-8-14(16)22)25-26-20(27)30-12-19(29)23-15-9-5-3-7-13(15)21/h3-10H,2,11-12H2,1H3,(H,23,29)(H,24,28). The van der Waals surface area contributed by atoms with Gasteiger partial charge in [-0.05, 0) is 31.2 Å². The Balaban J connectivity index is 1.60. The summed E-state index contributed by atoms with van der Waals surface area (Å²) >= 11 is 7.25. The molecule has 2 amide bonds. The quantitative estimate of drug-likeness (QED) is 0.509. The van der Waals surface area contributed by atoms with Gasteiger partial charge in [0.15, 0.2) is 5.16 Å². The van der Waals surface area contributed by atoms with Crippen LogP contribution in [0.1, 0.15) is 12.7 Å². The van der Waals surface area contributed by atoms with Crippen LogP contribution in [0.25, 0.3) is 0 Å². The summed E-state index contributed by atoms with van der Waals surface area (Å²) in [6.07, 6.45) is -0.0679. The van der Waals surface area contributed by atoms with E-state index in [1.54, 1.807) is 41.0 Å². The number of halogens is 2. The van der Waals surface area contributed by atoms with Gasteiger partial charge in [0.2, 0.25) is 11.8 Å². The Bertz CT molecular complexity index is 1060. The number of aromatic nitrogens is 3. The molecule has 1 heterocycles. The lowest BCUT2D eigenvalue weighted by atomic mass is 10.3. The van der Waals surface area contributed by atoms with Gasteiger partial charge in [0.05, 0.1) is 28.6 Å². The lowest BCUT2D eigenvalue weighted by Crippen LogP contribution is -2.18. The number of thioether (sulfide) groups is 1. The van der Waals surface area contributed by atoms with E-state index in [0.717, 1.165) is 0 Å². The first-order chi connectivity index (χ1) is 14.5. The summed E-state index contributed by atoms with van der Waals surface area (Å²) in [6, 6.07) is 12.9. The van der Waals surface area contributed by atoms with E-state index in [1.807, 2.05) is 6.92 Å². The summed E-state index contributed by atoms with van der Waals surface area (Å²) in [7, 11) is 0. The Labute approximate surface area is 182 Å². The van der Waals surface area contributed by atoms with Crippen molar-refractivity contribution in [3.05, 3.63) is 65.2 Å². The number of benzene rings is 2. The van der Waals surface area contributed by atoms with Crippen LogP contribution in [-0.4, -0.2) is 32.3 Å². The average Bonchev–Trinajstić information content (AvgIpc) is 3.11. The third kappa shape index (κ3) is 5.58. The molecule has 2 N–H and O–H groups in total. The van der Waals surface area contributed by atoms with Crippen LogP contribution < -0.4 is 10.6 Å². The van der Waals surface area contributed by atoms with Crippen LogP contribution >= 0.6 is 23.4 Å². The second kappa shape index (κ2) is 10.2. The molecule has 10 heteroatoms. The topological polar surface area (TPSA) is 88.9 Å². The molecule has 0 aliphatic carbocycles. The van der Waals surface area contributed by atoms with Crippen LogP contribution in [0.4, 0.5) is 15.8 Å². The van der Waals surface area contributed by atoms with Crippen molar-refractivity contribution in [2.75, 3.05) is 16.4 Å². The Hall–Kier alpha value is -2.91. The number of rotatable bonds is 8. The van der Waals surface area contributed by atoms with Crippen molar-refractivity contribution in [3.8, 4) is 0 Å². The van der Waals surface area contributed by atoms with Gasteiger partial charge in [-0.1, -0.05) is 47.6 Å². The molecular formula is C20H19ClFN5O2S. The van der Waals surface area contributed by atoms with Gasteiger partial charge in [-0.15, -0.1) is 10.2 Å². The molecule has 3 rings (SSSR count). The Kier molecular flexibility index (Phi) is 7.42. The molecule has 3 aromatic rings. The van der Waals surface area contributed by atoms with Crippen LogP contribution in [0.5, 0.6) is 0 Å². The largest absolute Gasteiger partial charge is 0.324 e. The number of carbonyl (C=O) groups excluding carboxylic acids is 2.